The van der Waals surface area contributed by atoms with Crippen molar-refractivity contribution in [2.24, 2.45) is 0 Å². The lowest BCUT2D eigenvalue weighted by Crippen LogP contribution is -2.42. The summed E-state index contributed by atoms with van der Waals surface area (Å²) in [4.78, 5) is 12.8. The summed E-state index contributed by atoms with van der Waals surface area (Å²) in [7, 11) is -3.75. The largest absolute Gasteiger partial charge is 0.349 e. The molecule has 28 heavy (non-hydrogen) atoms. The van der Waals surface area contributed by atoms with Gasteiger partial charge in [-0.05, 0) is 69.1 Å². The molecule has 1 unspecified atom stereocenters. The number of carbonyl (C=O) groups is 1. The summed E-state index contributed by atoms with van der Waals surface area (Å²) in [6, 6.07) is 13.9. The van der Waals surface area contributed by atoms with Crippen LogP contribution in [0, 0.1) is 0 Å². The van der Waals surface area contributed by atoms with Crippen molar-refractivity contribution in [1.29, 1.82) is 0 Å². The van der Waals surface area contributed by atoms with Gasteiger partial charge < -0.3 is 10.6 Å². The Morgan fingerprint density at radius 2 is 1.86 bits per heavy atom. The molecular formula is C21H25N3O3S. The molecule has 0 aliphatic carbocycles. The maximum atomic E-state index is 13.4. The highest BCUT2D eigenvalue weighted by molar-refractivity contribution is 7.92. The van der Waals surface area contributed by atoms with Gasteiger partial charge in [0.1, 0.15) is 0 Å². The minimum atomic E-state index is -3.75. The van der Waals surface area contributed by atoms with E-state index in [4.69, 9.17) is 0 Å². The van der Waals surface area contributed by atoms with Gasteiger partial charge >= 0.3 is 0 Å². The third-order valence-corrected chi connectivity index (χ3v) is 7.40. The molecule has 0 aromatic heterocycles. The Labute approximate surface area is 166 Å². The number of rotatable bonds is 4. The van der Waals surface area contributed by atoms with Crippen LogP contribution in [0.5, 0.6) is 0 Å². The van der Waals surface area contributed by atoms with Crippen molar-refractivity contribution in [2.75, 3.05) is 17.4 Å². The molecule has 6 nitrogen and oxygen atoms in total. The fourth-order valence-corrected chi connectivity index (χ4v) is 5.79. The van der Waals surface area contributed by atoms with Crippen LogP contribution in [0.1, 0.15) is 35.7 Å². The molecular weight excluding hydrogens is 374 g/mol. The van der Waals surface area contributed by atoms with Crippen molar-refractivity contribution in [3.63, 3.8) is 0 Å². The molecule has 2 N–H and O–H groups in total. The van der Waals surface area contributed by atoms with Crippen LogP contribution in [0.2, 0.25) is 0 Å². The van der Waals surface area contributed by atoms with Crippen molar-refractivity contribution in [1.82, 2.24) is 10.6 Å². The zero-order chi connectivity index (χ0) is 19.7. The van der Waals surface area contributed by atoms with Gasteiger partial charge in [-0.15, -0.1) is 0 Å². The summed E-state index contributed by atoms with van der Waals surface area (Å²) in [6.45, 7) is 3.67. The number of carbonyl (C=O) groups excluding carboxylic acids is 1. The van der Waals surface area contributed by atoms with Crippen LogP contribution < -0.4 is 14.9 Å². The van der Waals surface area contributed by atoms with Crippen molar-refractivity contribution >= 4 is 21.6 Å². The zero-order valence-electron chi connectivity index (χ0n) is 15.9. The number of sulfonamides is 1. The molecule has 2 aromatic rings. The van der Waals surface area contributed by atoms with Gasteiger partial charge in [-0.3, -0.25) is 9.10 Å². The molecule has 2 aliphatic heterocycles. The van der Waals surface area contributed by atoms with Crippen LogP contribution in [0.4, 0.5) is 5.69 Å². The second kappa shape index (κ2) is 7.56. The van der Waals surface area contributed by atoms with Gasteiger partial charge in [-0.1, -0.05) is 24.3 Å². The number of para-hydroxylation sites is 1. The third-order valence-electron chi connectivity index (χ3n) is 5.47. The van der Waals surface area contributed by atoms with Crippen LogP contribution in [0.15, 0.2) is 53.4 Å². The molecule has 2 aromatic carbocycles. The van der Waals surface area contributed by atoms with E-state index in [-0.39, 0.29) is 22.9 Å². The third kappa shape index (κ3) is 3.52. The van der Waals surface area contributed by atoms with E-state index < -0.39 is 10.0 Å². The highest BCUT2D eigenvalue weighted by atomic mass is 32.2. The summed E-state index contributed by atoms with van der Waals surface area (Å²) in [5.41, 5.74) is 2.12. The van der Waals surface area contributed by atoms with Crippen LogP contribution in [0.25, 0.3) is 0 Å². The average molecular weight is 400 g/mol. The molecule has 0 spiro atoms. The van der Waals surface area contributed by atoms with Gasteiger partial charge in [0.25, 0.3) is 15.9 Å². The van der Waals surface area contributed by atoms with Gasteiger partial charge in [0, 0.05) is 17.6 Å². The number of benzene rings is 2. The first-order valence-corrected chi connectivity index (χ1v) is 11.1. The van der Waals surface area contributed by atoms with E-state index in [0.29, 0.717) is 12.0 Å². The zero-order valence-corrected chi connectivity index (χ0v) is 16.7. The Morgan fingerprint density at radius 1 is 1.11 bits per heavy atom. The Hall–Kier alpha value is -2.38. The fraction of sp³-hybridized carbons (Fsp3) is 0.381. The second-order valence-corrected chi connectivity index (χ2v) is 9.32. The first-order chi connectivity index (χ1) is 13.5. The molecule has 0 bridgehead atoms. The molecule has 2 aliphatic rings. The molecule has 7 heteroatoms. The highest BCUT2D eigenvalue weighted by Gasteiger charge is 2.36. The standard InChI is InChI=1S/C21H25N3O3S/c1-15-13-16-5-2-3-8-20(16)24(15)28(26,27)19-7-4-6-17(14-19)21(25)23-18-9-11-22-12-10-18/h2-8,14-15,18,22H,9-13H2,1H3,(H,23,25). The normalized spacial score (nSPS) is 20.0. The SMILES string of the molecule is CC1Cc2ccccc2N1S(=O)(=O)c1cccc(C(=O)NC2CCNCC2)c1. The van der Waals surface area contributed by atoms with Gasteiger partial charge in [-0.2, -0.15) is 0 Å². The molecule has 2 heterocycles. The first-order valence-electron chi connectivity index (χ1n) is 9.71. The Balaban J connectivity index is 1.61. The summed E-state index contributed by atoms with van der Waals surface area (Å²) < 4.78 is 28.2. The van der Waals surface area contributed by atoms with Crippen molar-refractivity contribution in [3.8, 4) is 0 Å². The number of piperidine rings is 1. The quantitative estimate of drug-likeness (QED) is 0.827. The summed E-state index contributed by atoms with van der Waals surface area (Å²) in [5.74, 6) is -0.223. The Bertz CT molecular complexity index is 984. The number of hydrogen-bond acceptors (Lipinski definition) is 4. The van der Waals surface area contributed by atoms with Crippen molar-refractivity contribution in [3.05, 3.63) is 59.7 Å². The Morgan fingerprint density at radius 3 is 2.64 bits per heavy atom. The monoisotopic (exact) mass is 399 g/mol. The number of amides is 1. The molecule has 1 atom stereocenters. The predicted molar refractivity (Wildman–Crippen MR) is 109 cm³/mol. The van der Waals surface area contributed by atoms with E-state index in [9.17, 15) is 13.2 Å². The molecule has 148 valence electrons. The van der Waals surface area contributed by atoms with Gasteiger partial charge in [-0.25, -0.2) is 8.42 Å². The number of anilines is 1. The van der Waals surface area contributed by atoms with Crippen LogP contribution in [0.3, 0.4) is 0 Å². The lowest BCUT2D eigenvalue weighted by molar-refractivity contribution is 0.0929. The molecule has 0 radical (unpaired) electrons. The van der Waals surface area contributed by atoms with E-state index >= 15 is 0 Å². The van der Waals surface area contributed by atoms with Crippen molar-refractivity contribution in [2.45, 2.75) is 43.2 Å². The molecule has 1 amide bonds. The number of nitrogens with one attached hydrogen (secondary N) is 2. The second-order valence-electron chi connectivity index (χ2n) is 7.51. The Kier molecular flexibility index (Phi) is 5.12. The lowest BCUT2D eigenvalue weighted by Gasteiger charge is -2.25. The van der Waals surface area contributed by atoms with E-state index in [1.807, 2.05) is 31.2 Å². The minimum Gasteiger partial charge on any atom is -0.349 e. The lowest BCUT2D eigenvalue weighted by atomic mass is 10.1. The van der Waals surface area contributed by atoms with Crippen LogP contribution >= 0.6 is 0 Å². The van der Waals surface area contributed by atoms with Gasteiger partial charge in [0.05, 0.1) is 10.6 Å². The van der Waals surface area contributed by atoms with E-state index in [2.05, 4.69) is 10.6 Å². The number of hydrogen-bond donors (Lipinski definition) is 2. The average Bonchev–Trinajstić information content (AvgIpc) is 3.05. The molecule has 4 rings (SSSR count). The van der Waals surface area contributed by atoms with E-state index in [1.54, 1.807) is 18.2 Å². The van der Waals surface area contributed by atoms with Crippen LogP contribution in [-0.2, 0) is 16.4 Å². The smallest absolute Gasteiger partial charge is 0.264 e. The number of fused-ring (bicyclic) bond motifs is 1. The number of nitrogens with zero attached hydrogens (tertiary/aromatic N) is 1. The molecule has 0 saturated carbocycles. The fourth-order valence-electron chi connectivity index (χ4n) is 4.05. The minimum absolute atomic E-state index is 0.125. The van der Waals surface area contributed by atoms with E-state index in [0.717, 1.165) is 37.2 Å². The van der Waals surface area contributed by atoms with E-state index in [1.165, 1.54) is 10.4 Å². The maximum absolute atomic E-state index is 13.4. The highest BCUT2D eigenvalue weighted by Crippen LogP contribution is 2.36. The topological polar surface area (TPSA) is 78.5 Å². The van der Waals surface area contributed by atoms with Crippen molar-refractivity contribution < 1.29 is 13.2 Å². The van der Waals surface area contributed by atoms with Crippen LogP contribution in [-0.4, -0.2) is 39.5 Å². The predicted octanol–water partition coefficient (Wildman–Crippen LogP) is 2.31. The first kappa shape index (κ1) is 19.0. The summed E-state index contributed by atoms with van der Waals surface area (Å²) >= 11 is 0. The van der Waals surface area contributed by atoms with Gasteiger partial charge in [0.15, 0.2) is 0 Å². The molecule has 1 saturated heterocycles. The summed E-state index contributed by atoms with van der Waals surface area (Å²) in [5, 5.41) is 6.28. The van der Waals surface area contributed by atoms with Gasteiger partial charge in [0.2, 0.25) is 0 Å². The summed E-state index contributed by atoms with van der Waals surface area (Å²) in [6.07, 6.45) is 2.45. The maximum Gasteiger partial charge on any atom is 0.264 e. The molecule has 1 fully saturated rings.